The van der Waals surface area contributed by atoms with E-state index in [4.69, 9.17) is 21.9 Å². The van der Waals surface area contributed by atoms with E-state index in [-0.39, 0.29) is 56.4 Å². The Kier molecular flexibility index (Phi) is 8.20. The molecule has 204 valence electrons. The summed E-state index contributed by atoms with van der Waals surface area (Å²) in [6.07, 6.45) is 3.61. The highest BCUT2D eigenvalue weighted by Crippen LogP contribution is 2.42. The summed E-state index contributed by atoms with van der Waals surface area (Å²) in [5.74, 6) is 0.457. The number of amides is 3. The van der Waals surface area contributed by atoms with Crippen LogP contribution in [0.2, 0.25) is 5.02 Å². The fourth-order valence-electron chi connectivity index (χ4n) is 5.04. The Hall–Kier alpha value is -3.41. The van der Waals surface area contributed by atoms with Crippen LogP contribution in [0.4, 0.5) is 0 Å². The summed E-state index contributed by atoms with van der Waals surface area (Å²) in [6.45, 7) is 3.69. The molecule has 3 amide bonds. The van der Waals surface area contributed by atoms with E-state index >= 15 is 0 Å². The average molecular weight is 569 g/mol. The molecule has 2 aromatic heterocycles. The number of aromatic nitrogens is 1. The summed E-state index contributed by atoms with van der Waals surface area (Å²) in [6, 6.07) is 7.64. The quantitative estimate of drug-likeness (QED) is 0.222. The number of carbonyl (C=O) groups excluding carboxylic acids is 3. The Morgan fingerprint density at radius 2 is 1.95 bits per heavy atom. The van der Waals surface area contributed by atoms with Gasteiger partial charge in [-0.2, -0.15) is 5.11 Å². The number of benzene rings is 1. The molecule has 3 aromatic rings. The summed E-state index contributed by atoms with van der Waals surface area (Å²) in [4.78, 5) is 45.2. The third kappa shape index (κ3) is 5.95. The number of fused-ring (bicyclic) bond motifs is 1. The van der Waals surface area contributed by atoms with Crippen LogP contribution in [-0.2, 0) is 20.9 Å². The van der Waals surface area contributed by atoms with Crippen LogP contribution in [0.1, 0.15) is 36.1 Å². The SMILES string of the molecule is Cc1cc(Cl)cc(-c2ccnc3cc(CN4C(=O)CCC4=O)sc23)c1OC1CCN(C(=O)CNCN=N)CC1. The van der Waals surface area contributed by atoms with Gasteiger partial charge >= 0.3 is 0 Å². The van der Waals surface area contributed by atoms with Gasteiger partial charge in [-0.15, -0.1) is 11.3 Å². The van der Waals surface area contributed by atoms with Crippen LogP contribution < -0.4 is 10.1 Å². The number of nitrogens with one attached hydrogen (secondary N) is 2. The van der Waals surface area contributed by atoms with Crippen molar-refractivity contribution in [2.75, 3.05) is 26.3 Å². The number of likely N-dealkylation sites (tertiary alicyclic amines) is 2. The molecule has 2 aliphatic rings. The van der Waals surface area contributed by atoms with Gasteiger partial charge < -0.3 is 9.64 Å². The van der Waals surface area contributed by atoms with Gasteiger partial charge in [0, 0.05) is 66.0 Å². The number of imide groups is 1. The molecule has 1 aromatic carbocycles. The number of hydrogen-bond donors (Lipinski definition) is 2. The van der Waals surface area contributed by atoms with Crippen molar-refractivity contribution >= 4 is 50.9 Å². The predicted octanol–water partition coefficient (Wildman–Crippen LogP) is 4.52. The zero-order valence-electron chi connectivity index (χ0n) is 21.5. The lowest BCUT2D eigenvalue weighted by atomic mass is 10.0. The second-order valence-corrected chi connectivity index (χ2v) is 11.3. The van der Waals surface area contributed by atoms with E-state index in [2.05, 4.69) is 15.4 Å². The number of nitrogens with zero attached hydrogens (tertiary/aromatic N) is 4. The molecule has 2 fully saturated rings. The van der Waals surface area contributed by atoms with E-state index in [1.54, 1.807) is 6.20 Å². The summed E-state index contributed by atoms with van der Waals surface area (Å²) >= 11 is 8.02. The Bertz CT molecular complexity index is 1420. The number of aryl methyl sites for hydroxylation is 1. The highest BCUT2D eigenvalue weighted by molar-refractivity contribution is 7.19. The van der Waals surface area contributed by atoms with Crippen molar-refractivity contribution < 1.29 is 19.1 Å². The Morgan fingerprint density at radius 3 is 2.67 bits per heavy atom. The summed E-state index contributed by atoms with van der Waals surface area (Å²) in [5, 5.41) is 6.64. The number of piperidine rings is 1. The number of thiophene rings is 1. The molecule has 2 N–H and O–H groups in total. The highest BCUT2D eigenvalue weighted by Gasteiger charge is 2.30. The smallest absolute Gasteiger partial charge is 0.236 e. The van der Waals surface area contributed by atoms with E-state index in [1.165, 1.54) is 16.2 Å². The van der Waals surface area contributed by atoms with Crippen molar-refractivity contribution in [3.8, 4) is 16.9 Å². The minimum absolute atomic E-state index is 0.00882. The van der Waals surface area contributed by atoms with Crippen LogP contribution in [0.5, 0.6) is 5.75 Å². The number of pyridine rings is 1. The van der Waals surface area contributed by atoms with Gasteiger partial charge in [0.15, 0.2) is 0 Å². The molecule has 0 saturated carbocycles. The van der Waals surface area contributed by atoms with E-state index < -0.39 is 0 Å². The fourth-order valence-corrected chi connectivity index (χ4v) is 6.44. The molecule has 0 aliphatic carbocycles. The monoisotopic (exact) mass is 568 g/mol. The first-order valence-electron chi connectivity index (χ1n) is 12.8. The second-order valence-electron chi connectivity index (χ2n) is 9.70. The lowest BCUT2D eigenvalue weighted by molar-refractivity contribution is -0.139. The largest absolute Gasteiger partial charge is 0.489 e. The maximum atomic E-state index is 12.4. The van der Waals surface area contributed by atoms with E-state index in [0.717, 1.165) is 37.5 Å². The van der Waals surface area contributed by atoms with Gasteiger partial charge in [-0.3, -0.25) is 29.6 Å². The van der Waals surface area contributed by atoms with Crippen LogP contribution >= 0.6 is 22.9 Å². The van der Waals surface area contributed by atoms with Gasteiger partial charge in [-0.05, 0) is 36.8 Å². The van der Waals surface area contributed by atoms with Gasteiger partial charge in [0.25, 0.3) is 0 Å². The molecule has 0 bridgehead atoms. The van der Waals surface area contributed by atoms with Crippen LogP contribution in [0.15, 0.2) is 35.6 Å². The van der Waals surface area contributed by atoms with Crippen molar-refractivity contribution in [3.63, 3.8) is 0 Å². The molecule has 0 spiro atoms. The molecule has 2 aliphatic heterocycles. The van der Waals surface area contributed by atoms with Crippen LogP contribution in [0.3, 0.4) is 0 Å². The molecule has 4 heterocycles. The number of halogens is 1. The summed E-state index contributed by atoms with van der Waals surface area (Å²) in [5.41, 5.74) is 10.3. The fraction of sp³-hybridized carbons (Fsp3) is 0.407. The maximum absolute atomic E-state index is 12.4. The molecule has 0 unspecified atom stereocenters. The first-order valence-corrected chi connectivity index (χ1v) is 14.0. The number of rotatable bonds is 9. The van der Waals surface area contributed by atoms with Gasteiger partial charge in [0.2, 0.25) is 17.7 Å². The molecular weight excluding hydrogens is 540 g/mol. The minimum atomic E-state index is -0.140. The lowest BCUT2D eigenvalue weighted by Gasteiger charge is -2.33. The molecule has 5 rings (SSSR count). The first kappa shape index (κ1) is 27.2. The zero-order valence-corrected chi connectivity index (χ0v) is 23.1. The van der Waals surface area contributed by atoms with Crippen molar-refractivity contribution in [1.29, 1.82) is 5.53 Å². The topological polar surface area (TPSA) is 128 Å². The molecule has 2 saturated heterocycles. The average Bonchev–Trinajstić information content (AvgIpc) is 3.48. The third-order valence-electron chi connectivity index (χ3n) is 7.01. The molecule has 10 nitrogen and oxygen atoms in total. The minimum Gasteiger partial charge on any atom is -0.489 e. The van der Waals surface area contributed by atoms with E-state index in [0.29, 0.717) is 31.0 Å². The molecule has 39 heavy (non-hydrogen) atoms. The third-order valence-corrected chi connectivity index (χ3v) is 8.37. The van der Waals surface area contributed by atoms with Crippen LogP contribution in [0, 0.1) is 12.5 Å². The van der Waals surface area contributed by atoms with Crippen molar-refractivity contribution in [1.82, 2.24) is 20.1 Å². The number of ether oxygens (including phenoxy) is 1. The van der Waals surface area contributed by atoms with Gasteiger partial charge in [-0.1, -0.05) is 11.6 Å². The molecular formula is C27H29ClN6O4S. The number of carbonyl (C=O) groups is 3. The molecule has 0 radical (unpaired) electrons. The Balaban J connectivity index is 1.37. The van der Waals surface area contributed by atoms with Crippen LogP contribution in [-0.4, -0.2) is 64.9 Å². The lowest BCUT2D eigenvalue weighted by Crippen LogP contribution is -2.45. The molecule has 0 atom stereocenters. The van der Waals surface area contributed by atoms with E-state index in [1.807, 2.05) is 36.1 Å². The normalized spacial score (nSPS) is 16.4. The van der Waals surface area contributed by atoms with Gasteiger partial charge in [0.05, 0.1) is 23.3 Å². The van der Waals surface area contributed by atoms with E-state index in [9.17, 15) is 14.4 Å². The summed E-state index contributed by atoms with van der Waals surface area (Å²) < 4.78 is 7.51. The maximum Gasteiger partial charge on any atom is 0.236 e. The van der Waals surface area contributed by atoms with Gasteiger partial charge in [-0.25, -0.2) is 5.53 Å². The van der Waals surface area contributed by atoms with Crippen molar-refractivity contribution in [2.24, 2.45) is 5.11 Å². The first-order chi connectivity index (χ1) is 18.8. The highest BCUT2D eigenvalue weighted by atomic mass is 35.5. The second kappa shape index (κ2) is 11.8. The standard InChI is InChI=1S/C27H29ClN6O4S/c1-16-10-17(28)11-21(26(16)38-18-5-8-33(9-6-18)25(37)13-30-15-32-29)20-4-7-31-22-12-19(39-27(20)22)14-34-23(35)2-3-24(34)36/h4,7,10-12,18,29-30H,2-3,5-6,8-9,13-15H2,1H3. The summed E-state index contributed by atoms with van der Waals surface area (Å²) in [7, 11) is 0. The number of hydrogen-bond acceptors (Lipinski definition) is 9. The van der Waals surface area contributed by atoms with Crippen LogP contribution in [0.25, 0.3) is 21.3 Å². The van der Waals surface area contributed by atoms with Gasteiger partial charge in [0.1, 0.15) is 18.5 Å². The Morgan fingerprint density at radius 1 is 1.21 bits per heavy atom. The van der Waals surface area contributed by atoms with Crippen molar-refractivity contribution in [3.05, 3.63) is 45.9 Å². The molecule has 12 heteroatoms. The Labute approximate surface area is 234 Å². The van der Waals surface area contributed by atoms with Crippen molar-refractivity contribution in [2.45, 2.75) is 45.3 Å². The predicted molar refractivity (Wildman–Crippen MR) is 148 cm³/mol. The zero-order chi connectivity index (χ0) is 27.5.